The highest BCUT2D eigenvalue weighted by atomic mass is 32.3. The number of fused-ring (bicyclic) bond motifs is 5. The number of rotatable bonds is 3. The lowest BCUT2D eigenvalue weighted by atomic mass is 9.44. The predicted octanol–water partition coefficient (Wildman–Crippen LogP) is 4.42. The Hall–Kier alpha value is -0.460. The Morgan fingerprint density at radius 3 is 2.30 bits per heavy atom. The summed E-state index contributed by atoms with van der Waals surface area (Å²) in [6.07, 6.45) is 8.92. The van der Waals surface area contributed by atoms with E-state index in [2.05, 4.69) is 13.8 Å². The second-order valence-corrected chi connectivity index (χ2v) is 11.4. The van der Waals surface area contributed by atoms with E-state index in [9.17, 15) is 13.2 Å². The number of ketones is 1. The molecule has 154 valence electrons. The van der Waals surface area contributed by atoms with Crippen LogP contribution in [0.3, 0.4) is 0 Å². The molecule has 6 heteroatoms. The highest BCUT2D eigenvalue weighted by Gasteiger charge is 2.60. The van der Waals surface area contributed by atoms with Crippen molar-refractivity contribution in [2.75, 3.05) is 0 Å². The summed E-state index contributed by atoms with van der Waals surface area (Å²) in [5.41, 5.74) is 0.416. The summed E-state index contributed by atoms with van der Waals surface area (Å²) in [7, 11) is -4.37. The van der Waals surface area contributed by atoms with Crippen molar-refractivity contribution in [3.8, 4) is 0 Å². The van der Waals surface area contributed by atoms with Gasteiger partial charge in [-0.2, -0.15) is 8.42 Å². The molecule has 4 fully saturated rings. The molecule has 27 heavy (non-hydrogen) atoms. The first-order valence-electron chi connectivity index (χ1n) is 10.7. The summed E-state index contributed by atoms with van der Waals surface area (Å²) in [5.74, 6) is 3.12. The quantitative estimate of drug-likeness (QED) is 0.712. The van der Waals surface area contributed by atoms with E-state index >= 15 is 0 Å². The van der Waals surface area contributed by atoms with Gasteiger partial charge in [0.1, 0.15) is 5.78 Å². The molecular weight excluding hydrogens is 364 g/mol. The number of carbonyl (C=O) groups excluding carboxylic acids is 1. The van der Waals surface area contributed by atoms with E-state index in [0.29, 0.717) is 35.9 Å². The number of hydrogen-bond acceptors (Lipinski definition) is 4. The number of hydrogen-bond donors (Lipinski definition) is 1. The minimum atomic E-state index is -4.37. The SMILES string of the molecule is CC(=O)[C@H]1CCC2C3CC[C@H]4C[C@@H](OS(=O)(=O)O)CC[C@]4(C)C3CC[C@@]21C. The van der Waals surface area contributed by atoms with Gasteiger partial charge in [0.15, 0.2) is 0 Å². The Balaban J connectivity index is 1.53. The van der Waals surface area contributed by atoms with E-state index in [-0.39, 0.29) is 22.9 Å². The van der Waals surface area contributed by atoms with E-state index < -0.39 is 10.4 Å². The zero-order valence-corrected chi connectivity index (χ0v) is 17.6. The van der Waals surface area contributed by atoms with Crippen molar-refractivity contribution in [3.63, 3.8) is 0 Å². The smallest absolute Gasteiger partial charge is 0.300 e. The zero-order chi connectivity index (χ0) is 19.6. The fourth-order valence-corrected chi connectivity index (χ4v) is 8.66. The summed E-state index contributed by atoms with van der Waals surface area (Å²) >= 11 is 0. The van der Waals surface area contributed by atoms with Crippen LogP contribution in [0.2, 0.25) is 0 Å². The molecule has 0 aromatic carbocycles. The predicted molar refractivity (Wildman–Crippen MR) is 102 cm³/mol. The van der Waals surface area contributed by atoms with E-state index in [0.717, 1.165) is 32.1 Å². The van der Waals surface area contributed by atoms with Gasteiger partial charge in [0.2, 0.25) is 0 Å². The molecule has 4 aliphatic carbocycles. The van der Waals surface area contributed by atoms with Crippen molar-refractivity contribution in [1.82, 2.24) is 0 Å². The molecule has 0 bridgehead atoms. The molecule has 4 rings (SSSR count). The first-order chi connectivity index (χ1) is 12.5. The molecule has 0 aromatic heterocycles. The van der Waals surface area contributed by atoms with Crippen LogP contribution in [0.15, 0.2) is 0 Å². The molecule has 0 aliphatic heterocycles. The van der Waals surface area contributed by atoms with Crippen molar-refractivity contribution in [1.29, 1.82) is 0 Å². The average Bonchev–Trinajstić information content (AvgIpc) is 2.91. The van der Waals surface area contributed by atoms with Crippen molar-refractivity contribution in [3.05, 3.63) is 0 Å². The molecule has 0 heterocycles. The molecule has 5 nitrogen and oxygen atoms in total. The summed E-state index contributed by atoms with van der Waals surface area (Å²) in [4.78, 5) is 12.2. The molecule has 8 atom stereocenters. The van der Waals surface area contributed by atoms with E-state index in [4.69, 9.17) is 8.74 Å². The standard InChI is InChI=1S/C21H34O5S/c1-13(22)17-6-7-18-16-5-4-14-12-15(26-27(23,24)25)8-10-20(14,2)19(16)9-11-21(17,18)3/h14-19H,4-12H2,1-3H3,(H,23,24,25)/t14-,15-,16?,17+,18?,19?,20-,21+/m0/s1. The normalized spacial score (nSPS) is 49.8. The van der Waals surface area contributed by atoms with Crippen LogP contribution in [-0.2, 0) is 19.4 Å². The summed E-state index contributed by atoms with van der Waals surface area (Å²) < 4.78 is 36.2. The Bertz CT molecular complexity index is 718. The zero-order valence-electron chi connectivity index (χ0n) is 16.8. The molecule has 0 amide bonds. The maximum absolute atomic E-state index is 12.2. The average molecular weight is 399 g/mol. The molecule has 0 radical (unpaired) electrons. The van der Waals surface area contributed by atoms with Crippen molar-refractivity contribution in [2.24, 2.45) is 40.4 Å². The van der Waals surface area contributed by atoms with Crippen LogP contribution in [0.1, 0.15) is 78.6 Å². The van der Waals surface area contributed by atoms with Gasteiger partial charge < -0.3 is 0 Å². The first-order valence-corrected chi connectivity index (χ1v) is 12.1. The van der Waals surface area contributed by atoms with Gasteiger partial charge in [0, 0.05) is 5.92 Å². The monoisotopic (exact) mass is 398 g/mol. The third-order valence-corrected chi connectivity index (χ3v) is 9.88. The molecule has 1 N–H and O–H groups in total. The molecular formula is C21H34O5S. The van der Waals surface area contributed by atoms with E-state index in [1.165, 1.54) is 19.3 Å². The second-order valence-electron chi connectivity index (χ2n) is 10.4. The van der Waals surface area contributed by atoms with Gasteiger partial charge in [-0.15, -0.1) is 0 Å². The van der Waals surface area contributed by atoms with Gasteiger partial charge >= 0.3 is 10.4 Å². The van der Waals surface area contributed by atoms with Gasteiger partial charge in [-0.1, -0.05) is 13.8 Å². The molecule has 4 aliphatic rings. The van der Waals surface area contributed by atoms with Crippen LogP contribution in [-0.4, -0.2) is 24.9 Å². The Labute approximate surface area is 163 Å². The van der Waals surface area contributed by atoms with Crippen LogP contribution >= 0.6 is 0 Å². The molecule has 3 unspecified atom stereocenters. The van der Waals surface area contributed by atoms with Gasteiger partial charge in [0.05, 0.1) is 6.10 Å². The maximum Gasteiger partial charge on any atom is 0.397 e. The largest absolute Gasteiger partial charge is 0.397 e. The third kappa shape index (κ3) is 3.20. The van der Waals surface area contributed by atoms with E-state index in [1.54, 1.807) is 6.92 Å². The fraction of sp³-hybridized carbons (Fsp3) is 0.952. The van der Waals surface area contributed by atoms with Crippen LogP contribution in [0.5, 0.6) is 0 Å². The lowest BCUT2D eigenvalue weighted by molar-refractivity contribution is -0.137. The highest BCUT2D eigenvalue weighted by molar-refractivity contribution is 7.80. The Morgan fingerprint density at radius 2 is 1.63 bits per heavy atom. The number of carbonyl (C=O) groups is 1. The van der Waals surface area contributed by atoms with Crippen LogP contribution < -0.4 is 0 Å². The maximum atomic E-state index is 12.2. The van der Waals surface area contributed by atoms with Gasteiger partial charge in [-0.3, -0.25) is 9.35 Å². The van der Waals surface area contributed by atoms with Crippen molar-refractivity contribution in [2.45, 2.75) is 84.7 Å². The lowest BCUT2D eigenvalue weighted by Gasteiger charge is -2.61. The van der Waals surface area contributed by atoms with Crippen LogP contribution in [0.4, 0.5) is 0 Å². The molecule has 0 saturated heterocycles. The summed E-state index contributed by atoms with van der Waals surface area (Å²) in [6, 6.07) is 0. The van der Waals surface area contributed by atoms with Gasteiger partial charge in [0.25, 0.3) is 0 Å². The van der Waals surface area contributed by atoms with Crippen molar-refractivity contribution < 1.29 is 21.9 Å². The Morgan fingerprint density at radius 1 is 0.963 bits per heavy atom. The molecule has 4 saturated carbocycles. The van der Waals surface area contributed by atoms with E-state index in [1.807, 2.05) is 0 Å². The topological polar surface area (TPSA) is 80.7 Å². The Kier molecular flexibility index (Phi) is 4.80. The first kappa shape index (κ1) is 19.8. The van der Waals surface area contributed by atoms with Crippen LogP contribution in [0.25, 0.3) is 0 Å². The van der Waals surface area contributed by atoms with Crippen molar-refractivity contribution >= 4 is 16.2 Å². The minimum absolute atomic E-state index is 0.182. The summed E-state index contributed by atoms with van der Waals surface area (Å²) in [5, 5.41) is 0. The minimum Gasteiger partial charge on any atom is -0.300 e. The fourth-order valence-electron chi connectivity index (χ4n) is 8.15. The number of Topliss-reactive ketones (excluding diaryl/α,β-unsaturated/α-hetero) is 1. The second kappa shape index (κ2) is 6.53. The third-order valence-electron chi connectivity index (χ3n) is 9.37. The molecule has 0 spiro atoms. The van der Waals surface area contributed by atoms with Gasteiger partial charge in [-0.25, -0.2) is 4.18 Å². The van der Waals surface area contributed by atoms with Crippen LogP contribution in [0, 0.1) is 40.4 Å². The highest BCUT2D eigenvalue weighted by Crippen LogP contribution is 2.67. The lowest BCUT2D eigenvalue weighted by Crippen LogP contribution is -2.54. The molecule has 0 aromatic rings. The van der Waals surface area contributed by atoms with Gasteiger partial charge in [-0.05, 0) is 99.2 Å². The summed E-state index contributed by atoms with van der Waals surface area (Å²) in [6.45, 7) is 6.57.